The molecule has 6 heteroatoms. The highest BCUT2D eigenvalue weighted by Crippen LogP contribution is 2.25. The van der Waals surface area contributed by atoms with Crippen LogP contribution in [0.25, 0.3) is 22.2 Å². The molecule has 2 aromatic heterocycles. The summed E-state index contributed by atoms with van der Waals surface area (Å²) in [5.41, 5.74) is 6.50. The quantitative estimate of drug-likeness (QED) is 0.413. The number of pyridine rings is 2. The molecule has 0 spiro atoms. The number of hydrogen-bond acceptors (Lipinski definition) is 4. The third-order valence-electron chi connectivity index (χ3n) is 4.51. The van der Waals surface area contributed by atoms with Crippen molar-refractivity contribution in [3.05, 3.63) is 96.1 Å². The molecule has 142 valence electrons. The Balaban J connectivity index is 1.72. The molecule has 2 heterocycles. The zero-order chi connectivity index (χ0) is 20.2. The van der Waals surface area contributed by atoms with Gasteiger partial charge in [0.1, 0.15) is 5.82 Å². The summed E-state index contributed by atoms with van der Waals surface area (Å²) >= 11 is 0. The maximum atomic E-state index is 13.3. The molecule has 0 atom stereocenters. The van der Waals surface area contributed by atoms with Gasteiger partial charge in [0.2, 0.25) is 0 Å². The molecule has 0 bridgehead atoms. The van der Waals surface area contributed by atoms with Crippen LogP contribution in [0.2, 0.25) is 0 Å². The Morgan fingerprint density at radius 1 is 1.03 bits per heavy atom. The number of fused-ring (bicyclic) bond motifs is 1. The van der Waals surface area contributed by atoms with Gasteiger partial charge in [-0.15, -0.1) is 0 Å². The highest BCUT2D eigenvalue weighted by atomic mass is 19.1. The molecule has 0 unspecified atom stereocenters. The summed E-state index contributed by atoms with van der Waals surface area (Å²) < 4.78 is 13.3. The standard InChI is InChI=1S/C23H17FN4O/c1-15(17-5-4-12-25-14-17)27-28-23(29)20-13-22(16-8-10-18(24)11-9-16)26-21-7-3-2-6-19(20)21/h2-14H,1H3,(H,28,29)/b27-15-. The fourth-order valence-electron chi connectivity index (χ4n) is 2.97. The Morgan fingerprint density at radius 3 is 2.59 bits per heavy atom. The molecule has 0 saturated carbocycles. The van der Waals surface area contributed by atoms with Gasteiger partial charge in [-0.25, -0.2) is 14.8 Å². The van der Waals surface area contributed by atoms with Gasteiger partial charge >= 0.3 is 0 Å². The molecule has 0 aliphatic rings. The molecule has 1 amide bonds. The van der Waals surface area contributed by atoms with Crippen molar-refractivity contribution in [2.45, 2.75) is 6.92 Å². The molecule has 4 rings (SSSR count). The lowest BCUT2D eigenvalue weighted by Crippen LogP contribution is -2.20. The number of hydrogen-bond donors (Lipinski definition) is 1. The maximum absolute atomic E-state index is 13.3. The predicted molar refractivity (Wildman–Crippen MR) is 111 cm³/mol. The number of amides is 1. The van der Waals surface area contributed by atoms with Crippen LogP contribution in [0.15, 0.2) is 84.2 Å². The second-order valence-electron chi connectivity index (χ2n) is 6.46. The van der Waals surface area contributed by atoms with Gasteiger partial charge in [-0.2, -0.15) is 5.10 Å². The minimum absolute atomic E-state index is 0.326. The molecule has 0 fully saturated rings. The van der Waals surface area contributed by atoms with Crippen molar-refractivity contribution in [1.29, 1.82) is 0 Å². The van der Waals surface area contributed by atoms with Crippen LogP contribution in [0.5, 0.6) is 0 Å². The number of para-hydroxylation sites is 1. The number of halogens is 1. The molecule has 0 aliphatic heterocycles. The van der Waals surface area contributed by atoms with Gasteiger partial charge in [-0.3, -0.25) is 9.78 Å². The summed E-state index contributed by atoms with van der Waals surface area (Å²) in [6.45, 7) is 1.80. The lowest BCUT2D eigenvalue weighted by atomic mass is 10.0. The maximum Gasteiger partial charge on any atom is 0.272 e. The average molecular weight is 384 g/mol. The van der Waals surface area contributed by atoms with Gasteiger partial charge in [-0.05, 0) is 49.4 Å². The van der Waals surface area contributed by atoms with Crippen LogP contribution in [0.3, 0.4) is 0 Å². The molecular weight excluding hydrogens is 367 g/mol. The van der Waals surface area contributed by atoms with Gasteiger partial charge in [0.15, 0.2) is 0 Å². The van der Waals surface area contributed by atoms with Gasteiger partial charge in [0.25, 0.3) is 5.91 Å². The molecule has 5 nitrogen and oxygen atoms in total. The highest BCUT2D eigenvalue weighted by molar-refractivity contribution is 6.08. The first-order valence-electron chi connectivity index (χ1n) is 9.02. The number of rotatable bonds is 4. The Morgan fingerprint density at radius 2 is 1.83 bits per heavy atom. The molecule has 29 heavy (non-hydrogen) atoms. The Kier molecular flexibility index (Phi) is 5.07. The topological polar surface area (TPSA) is 67.2 Å². The molecule has 1 N–H and O–H groups in total. The Bertz CT molecular complexity index is 1200. The van der Waals surface area contributed by atoms with Crippen molar-refractivity contribution in [3.8, 4) is 11.3 Å². The van der Waals surface area contributed by atoms with Crippen LogP contribution in [-0.4, -0.2) is 21.6 Å². The predicted octanol–water partition coefficient (Wildman–Crippen LogP) is 4.59. The highest BCUT2D eigenvalue weighted by Gasteiger charge is 2.14. The van der Waals surface area contributed by atoms with E-state index >= 15 is 0 Å². The minimum Gasteiger partial charge on any atom is -0.267 e. The average Bonchev–Trinajstić information content (AvgIpc) is 2.77. The Hall–Kier alpha value is -3.93. The van der Waals surface area contributed by atoms with E-state index in [4.69, 9.17) is 0 Å². The first kappa shape index (κ1) is 18.4. The summed E-state index contributed by atoms with van der Waals surface area (Å²) in [6.07, 6.45) is 3.36. The normalized spacial score (nSPS) is 11.4. The summed E-state index contributed by atoms with van der Waals surface area (Å²) in [5.74, 6) is -0.678. The van der Waals surface area contributed by atoms with E-state index in [1.54, 1.807) is 37.5 Å². The smallest absolute Gasteiger partial charge is 0.267 e. The van der Waals surface area contributed by atoms with Crippen molar-refractivity contribution in [2.75, 3.05) is 0 Å². The SMILES string of the molecule is C/C(=N/NC(=O)c1cc(-c2ccc(F)cc2)nc2ccccc12)c1cccnc1. The van der Waals surface area contributed by atoms with E-state index in [1.807, 2.05) is 36.4 Å². The largest absolute Gasteiger partial charge is 0.272 e. The van der Waals surface area contributed by atoms with Crippen LogP contribution in [-0.2, 0) is 0 Å². The Labute approximate surface area is 167 Å². The first-order valence-corrected chi connectivity index (χ1v) is 9.02. The van der Waals surface area contributed by atoms with Crippen LogP contribution < -0.4 is 5.43 Å². The zero-order valence-corrected chi connectivity index (χ0v) is 15.6. The van der Waals surface area contributed by atoms with Crippen molar-refractivity contribution < 1.29 is 9.18 Å². The number of carbonyl (C=O) groups excluding carboxylic acids is 1. The van der Waals surface area contributed by atoms with E-state index in [9.17, 15) is 9.18 Å². The molecule has 4 aromatic rings. The van der Waals surface area contributed by atoms with Crippen molar-refractivity contribution in [1.82, 2.24) is 15.4 Å². The van der Waals surface area contributed by atoms with Gasteiger partial charge in [-0.1, -0.05) is 24.3 Å². The second kappa shape index (κ2) is 7.98. The van der Waals surface area contributed by atoms with Crippen LogP contribution in [0, 0.1) is 5.82 Å². The molecular formula is C23H17FN4O. The van der Waals surface area contributed by atoms with Gasteiger partial charge in [0.05, 0.1) is 22.5 Å². The van der Waals surface area contributed by atoms with E-state index in [-0.39, 0.29) is 11.7 Å². The number of nitrogens with zero attached hydrogens (tertiary/aromatic N) is 3. The number of hydrazone groups is 1. The first-order chi connectivity index (χ1) is 14.1. The van der Waals surface area contributed by atoms with Crippen LogP contribution in [0.1, 0.15) is 22.8 Å². The van der Waals surface area contributed by atoms with Crippen LogP contribution >= 0.6 is 0 Å². The molecule has 0 saturated heterocycles. The lowest BCUT2D eigenvalue weighted by molar-refractivity contribution is 0.0956. The number of carbonyl (C=O) groups is 1. The van der Waals surface area contributed by atoms with E-state index < -0.39 is 0 Å². The molecule has 0 aliphatic carbocycles. The van der Waals surface area contributed by atoms with Crippen molar-refractivity contribution in [2.24, 2.45) is 5.10 Å². The van der Waals surface area contributed by atoms with Crippen molar-refractivity contribution >= 4 is 22.5 Å². The number of nitrogens with one attached hydrogen (secondary N) is 1. The summed E-state index contributed by atoms with van der Waals surface area (Å²) in [6, 6.07) is 18.8. The molecule has 0 radical (unpaired) electrons. The van der Waals surface area contributed by atoms with E-state index in [2.05, 4.69) is 20.5 Å². The summed E-state index contributed by atoms with van der Waals surface area (Å²) in [5, 5.41) is 4.91. The van der Waals surface area contributed by atoms with Crippen molar-refractivity contribution in [3.63, 3.8) is 0 Å². The zero-order valence-electron chi connectivity index (χ0n) is 15.6. The molecule has 2 aromatic carbocycles. The van der Waals surface area contributed by atoms with E-state index in [0.717, 1.165) is 11.1 Å². The number of aromatic nitrogens is 2. The third kappa shape index (κ3) is 4.01. The monoisotopic (exact) mass is 384 g/mol. The van der Waals surface area contributed by atoms with Gasteiger partial charge in [0, 0.05) is 28.9 Å². The van der Waals surface area contributed by atoms with Crippen LogP contribution in [0.4, 0.5) is 4.39 Å². The number of benzene rings is 2. The lowest BCUT2D eigenvalue weighted by Gasteiger charge is -2.09. The van der Waals surface area contributed by atoms with E-state index in [1.165, 1.54) is 12.1 Å². The van der Waals surface area contributed by atoms with E-state index in [0.29, 0.717) is 27.9 Å². The summed E-state index contributed by atoms with van der Waals surface area (Å²) in [4.78, 5) is 21.6. The third-order valence-corrected chi connectivity index (χ3v) is 4.51. The second-order valence-corrected chi connectivity index (χ2v) is 6.46. The summed E-state index contributed by atoms with van der Waals surface area (Å²) in [7, 11) is 0. The van der Waals surface area contributed by atoms with Gasteiger partial charge < -0.3 is 0 Å². The fourth-order valence-corrected chi connectivity index (χ4v) is 2.97. The minimum atomic E-state index is -0.352. The fraction of sp³-hybridized carbons (Fsp3) is 0.0435.